The third-order valence-electron chi connectivity index (χ3n) is 1.96. The maximum absolute atomic E-state index is 10.9. The number of hydrogen-bond acceptors (Lipinski definition) is 5. The number of carbonyl (C=O) groups excluding carboxylic acids is 1. The summed E-state index contributed by atoms with van der Waals surface area (Å²) in [5.41, 5.74) is 5.73. The zero-order chi connectivity index (χ0) is 13.0. The van der Waals surface area contributed by atoms with Crippen LogP contribution in [0.2, 0.25) is 0 Å². The van der Waals surface area contributed by atoms with Crippen molar-refractivity contribution in [3.63, 3.8) is 0 Å². The van der Waals surface area contributed by atoms with Gasteiger partial charge in [-0.05, 0) is 31.5 Å². The largest absolute Gasteiger partial charge is 0.510 e. The van der Waals surface area contributed by atoms with Crippen molar-refractivity contribution in [1.29, 1.82) is 0 Å². The number of amides is 1. The number of phenols is 1. The molecule has 0 aliphatic carbocycles. The number of aryl methyl sites for hydroxylation is 1. The quantitative estimate of drug-likeness (QED) is 0.423. The van der Waals surface area contributed by atoms with E-state index >= 15 is 0 Å². The summed E-state index contributed by atoms with van der Waals surface area (Å²) in [6, 6.07) is 4.75. The van der Waals surface area contributed by atoms with Crippen LogP contribution in [0.3, 0.4) is 0 Å². The van der Waals surface area contributed by atoms with E-state index in [1.165, 1.54) is 13.0 Å². The molecule has 0 saturated heterocycles. The van der Waals surface area contributed by atoms with Gasteiger partial charge < -0.3 is 15.9 Å². The van der Waals surface area contributed by atoms with E-state index in [2.05, 4.69) is 10.2 Å². The van der Waals surface area contributed by atoms with E-state index in [1.807, 2.05) is 6.92 Å². The van der Waals surface area contributed by atoms with E-state index in [0.717, 1.165) is 5.56 Å². The van der Waals surface area contributed by atoms with Gasteiger partial charge in [0.1, 0.15) is 17.2 Å². The van der Waals surface area contributed by atoms with Gasteiger partial charge in [-0.1, -0.05) is 6.07 Å². The molecule has 0 aliphatic rings. The first-order chi connectivity index (χ1) is 7.91. The van der Waals surface area contributed by atoms with Crippen molar-refractivity contribution in [1.82, 2.24) is 0 Å². The van der Waals surface area contributed by atoms with E-state index < -0.39 is 5.91 Å². The highest BCUT2D eigenvalue weighted by Gasteiger charge is 2.08. The minimum absolute atomic E-state index is 0.0706. The molecule has 0 spiro atoms. The van der Waals surface area contributed by atoms with Crippen LogP contribution < -0.4 is 5.73 Å². The van der Waals surface area contributed by atoms with Crippen LogP contribution in [0.1, 0.15) is 12.5 Å². The van der Waals surface area contributed by atoms with E-state index in [1.54, 1.807) is 12.1 Å². The predicted molar refractivity (Wildman–Crippen MR) is 61.9 cm³/mol. The summed E-state index contributed by atoms with van der Waals surface area (Å²) in [6.07, 6.45) is 0. The molecular weight excluding hydrogens is 222 g/mol. The number of allylic oxidation sites excluding steroid dienone is 1. The number of nitrogens with zero attached hydrogens (tertiary/aromatic N) is 2. The molecule has 0 atom stereocenters. The SMILES string of the molecule is C/C(O)=C(\N=Nc1cc(C)ccc1O)C(N)=O. The molecule has 6 nitrogen and oxygen atoms in total. The molecule has 0 fully saturated rings. The summed E-state index contributed by atoms with van der Waals surface area (Å²) in [6.45, 7) is 3.09. The third-order valence-corrected chi connectivity index (χ3v) is 1.96. The van der Waals surface area contributed by atoms with Crippen LogP contribution in [0, 0.1) is 6.92 Å². The fraction of sp³-hybridized carbons (Fsp3) is 0.182. The fourth-order valence-electron chi connectivity index (χ4n) is 1.12. The fourth-order valence-corrected chi connectivity index (χ4v) is 1.12. The molecule has 1 aromatic rings. The summed E-state index contributed by atoms with van der Waals surface area (Å²) in [5.74, 6) is -1.28. The highest BCUT2D eigenvalue weighted by Crippen LogP contribution is 2.27. The van der Waals surface area contributed by atoms with Gasteiger partial charge in [-0.3, -0.25) is 4.79 Å². The first-order valence-corrected chi connectivity index (χ1v) is 4.83. The molecule has 0 saturated carbocycles. The van der Waals surface area contributed by atoms with Crippen molar-refractivity contribution in [3.8, 4) is 5.75 Å². The standard InChI is InChI=1S/C11H13N3O3/c1-6-3-4-9(16)8(5-6)13-14-10(7(2)15)11(12)17/h3-5,15-16H,1-2H3,(H2,12,17)/b10-7+,14-13?. The number of hydrogen-bond donors (Lipinski definition) is 3. The summed E-state index contributed by atoms with van der Waals surface area (Å²) in [7, 11) is 0. The van der Waals surface area contributed by atoms with Gasteiger partial charge in [-0.15, -0.1) is 10.2 Å². The van der Waals surface area contributed by atoms with Crippen molar-refractivity contribution in [3.05, 3.63) is 35.2 Å². The minimum atomic E-state index is -0.888. The van der Waals surface area contributed by atoms with Crippen LogP contribution in [0.15, 0.2) is 39.9 Å². The van der Waals surface area contributed by atoms with Gasteiger partial charge in [-0.25, -0.2) is 0 Å². The maximum atomic E-state index is 10.9. The first kappa shape index (κ1) is 12.7. The third kappa shape index (κ3) is 3.30. The van der Waals surface area contributed by atoms with Crippen LogP contribution >= 0.6 is 0 Å². The number of rotatable bonds is 3. The lowest BCUT2D eigenvalue weighted by molar-refractivity contribution is -0.114. The van der Waals surface area contributed by atoms with E-state index in [-0.39, 0.29) is 22.9 Å². The highest BCUT2D eigenvalue weighted by atomic mass is 16.3. The highest BCUT2D eigenvalue weighted by molar-refractivity contribution is 5.91. The first-order valence-electron chi connectivity index (χ1n) is 4.83. The lowest BCUT2D eigenvalue weighted by Crippen LogP contribution is -2.13. The molecule has 90 valence electrons. The molecule has 0 radical (unpaired) electrons. The molecule has 17 heavy (non-hydrogen) atoms. The molecule has 6 heteroatoms. The summed E-state index contributed by atoms with van der Waals surface area (Å²) >= 11 is 0. The van der Waals surface area contributed by atoms with Gasteiger partial charge in [0.15, 0.2) is 5.70 Å². The lowest BCUT2D eigenvalue weighted by atomic mass is 10.2. The van der Waals surface area contributed by atoms with Crippen LogP contribution in [-0.2, 0) is 4.79 Å². The molecule has 1 aromatic carbocycles. The maximum Gasteiger partial charge on any atom is 0.272 e. The molecule has 0 unspecified atom stereocenters. The number of aliphatic hydroxyl groups excluding tert-OH is 1. The Bertz CT molecular complexity index is 503. The van der Waals surface area contributed by atoms with Crippen LogP contribution in [0.4, 0.5) is 5.69 Å². The van der Waals surface area contributed by atoms with Gasteiger partial charge in [-0.2, -0.15) is 0 Å². The van der Waals surface area contributed by atoms with Crippen molar-refractivity contribution in [2.75, 3.05) is 0 Å². The summed E-state index contributed by atoms with van der Waals surface area (Å²) < 4.78 is 0. The van der Waals surface area contributed by atoms with E-state index in [4.69, 9.17) is 10.8 Å². The Morgan fingerprint density at radius 3 is 2.59 bits per heavy atom. The number of phenolic OH excluding ortho intramolecular Hbond substituents is 1. The Labute approximate surface area is 98.1 Å². The van der Waals surface area contributed by atoms with Crippen molar-refractivity contribution >= 4 is 11.6 Å². The number of primary amides is 1. The number of aliphatic hydroxyl groups is 1. The topological polar surface area (TPSA) is 108 Å². The van der Waals surface area contributed by atoms with E-state index in [9.17, 15) is 9.90 Å². The van der Waals surface area contributed by atoms with Gasteiger partial charge >= 0.3 is 0 Å². The average Bonchev–Trinajstić information content (AvgIpc) is 2.22. The summed E-state index contributed by atoms with van der Waals surface area (Å²) in [5, 5.41) is 25.8. The Balaban J connectivity index is 3.09. The van der Waals surface area contributed by atoms with Gasteiger partial charge in [0, 0.05) is 0 Å². The molecule has 0 aliphatic heterocycles. The van der Waals surface area contributed by atoms with Gasteiger partial charge in [0.25, 0.3) is 5.91 Å². The second kappa shape index (κ2) is 5.11. The van der Waals surface area contributed by atoms with Crippen LogP contribution in [0.5, 0.6) is 5.75 Å². The van der Waals surface area contributed by atoms with Gasteiger partial charge in [0.2, 0.25) is 0 Å². The minimum Gasteiger partial charge on any atom is -0.510 e. The number of benzene rings is 1. The molecule has 0 bridgehead atoms. The normalized spacial score (nSPS) is 12.6. The molecular formula is C11H13N3O3. The number of azo groups is 1. The smallest absolute Gasteiger partial charge is 0.272 e. The van der Waals surface area contributed by atoms with Crippen LogP contribution in [0.25, 0.3) is 0 Å². The Hall–Kier alpha value is -2.37. The van der Waals surface area contributed by atoms with Gasteiger partial charge in [0.05, 0.1) is 0 Å². The molecule has 4 N–H and O–H groups in total. The Morgan fingerprint density at radius 1 is 1.41 bits per heavy atom. The number of aromatic hydroxyl groups is 1. The average molecular weight is 235 g/mol. The summed E-state index contributed by atoms with van der Waals surface area (Å²) in [4.78, 5) is 10.9. The zero-order valence-corrected chi connectivity index (χ0v) is 9.51. The Kier molecular flexibility index (Phi) is 3.82. The Morgan fingerprint density at radius 2 is 2.06 bits per heavy atom. The molecule has 0 heterocycles. The van der Waals surface area contributed by atoms with Crippen molar-refractivity contribution in [2.45, 2.75) is 13.8 Å². The van der Waals surface area contributed by atoms with Crippen molar-refractivity contribution < 1.29 is 15.0 Å². The second-order valence-corrected chi connectivity index (χ2v) is 3.49. The zero-order valence-electron chi connectivity index (χ0n) is 9.51. The molecule has 1 rings (SSSR count). The predicted octanol–water partition coefficient (Wildman–Crippen LogP) is 2.06. The lowest BCUT2D eigenvalue weighted by Gasteiger charge is -2.00. The van der Waals surface area contributed by atoms with E-state index in [0.29, 0.717) is 0 Å². The second-order valence-electron chi connectivity index (χ2n) is 3.49. The molecule has 0 aromatic heterocycles. The van der Waals surface area contributed by atoms with Crippen LogP contribution in [-0.4, -0.2) is 16.1 Å². The van der Waals surface area contributed by atoms with Crippen molar-refractivity contribution in [2.24, 2.45) is 16.0 Å². The number of carbonyl (C=O) groups is 1. The monoisotopic (exact) mass is 235 g/mol. The molecule has 1 amide bonds. The number of nitrogens with two attached hydrogens (primary N) is 1.